The van der Waals surface area contributed by atoms with E-state index in [0.29, 0.717) is 11.1 Å². The van der Waals surface area contributed by atoms with Crippen LogP contribution in [0.1, 0.15) is 46.2 Å². The number of carbonyl (C=O) groups excluding carboxylic acids is 2. The number of hydrogen-bond donors (Lipinski definition) is 3. The predicted octanol–water partition coefficient (Wildman–Crippen LogP) is 4.34. The summed E-state index contributed by atoms with van der Waals surface area (Å²) in [4.78, 5) is 30.0. The topological polar surface area (TPSA) is 104 Å². The van der Waals surface area contributed by atoms with Crippen molar-refractivity contribution in [3.05, 3.63) is 144 Å². The van der Waals surface area contributed by atoms with Gasteiger partial charge in [0.15, 0.2) is 0 Å². The number of nitrogens with two attached hydrogens (primary N) is 1. The van der Waals surface area contributed by atoms with Crippen molar-refractivity contribution in [3.8, 4) is 0 Å². The van der Waals surface area contributed by atoms with Crippen LogP contribution in [0.2, 0.25) is 0 Å². The molecule has 4 N–H and O–H groups in total. The van der Waals surface area contributed by atoms with Gasteiger partial charge in [0.05, 0.1) is 25.3 Å². The van der Waals surface area contributed by atoms with Gasteiger partial charge in [0.1, 0.15) is 5.41 Å². The molecular weight excluding hydrogens is 488 g/mol. The van der Waals surface area contributed by atoms with Crippen molar-refractivity contribution in [2.75, 3.05) is 13.2 Å². The molecule has 0 radical (unpaired) electrons. The van der Waals surface area contributed by atoms with Crippen molar-refractivity contribution in [1.29, 1.82) is 0 Å². The summed E-state index contributed by atoms with van der Waals surface area (Å²) in [7, 11) is 0. The molecular formula is C33H32N2O4. The minimum absolute atomic E-state index is 0.403. The summed E-state index contributed by atoms with van der Waals surface area (Å²) in [5.74, 6) is -2.24. The van der Waals surface area contributed by atoms with Crippen LogP contribution in [0.3, 0.4) is 0 Å². The standard InChI is InChI=1S/C33H32N2O4/c34-31(38)33(29(25-17-9-3-10-18-25)30(33)26-19-11-4-12-20-26)32(39)35(27(21-36)23-13-5-1-6-14-23)28(22-37)24-15-7-2-8-16-24/h1-20,27-30,36-37H,21-22H2,(H2,34,38)/t27-,28-,29+,30+/m1/s1. The van der Waals surface area contributed by atoms with Crippen LogP contribution < -0.4 is 5.73 Å². The van der Waals surface area contributed by atoms with Gasteiger partial charge in [-0.05, 0) is 22.3 Å². The molecule has 39 heavy (non-hydrogen) atoms. The lowest BCUT2D eigenvalue weighted by molar-refractivity contribution is -0.150. The minimum Gasteiger partial charge on any atom is -0.394 e. The molecule has 0 aliphatic heterocycles. The zero-order valence-corrected chi connectivity index (χ0v) is 21.5. The molecule has 6 nitrogen and oxygen atoms in total. The van der Waals surface area contributed by atoms with E-state index in [1.54, 1.807) is 0 Å². The second-order valence-electron chi connectivity index (χ2n) is 9.94. The molecule has 5 rings (SSSR count). The number of amides is 2. The third-order valence-corrected chi connectivity index (χ3v) is 7.90. The van der Waals surface area contributed by atoms with Crippen LogP contribution in [0.4, 0.5) is 0 Å². The first-order valence-electron chi connectivity index (χ1n) is 13.1. The largest absolute Gasteiger partial charge is 0.394 e. The van der Waals surface area contributed by atoms with Gasteiger partial charge in [0.2, 0.25) is 11.8 Å². The maximum absolute atomic E-state index is 15.0. The molecule has 2 amide bonds. The number of carbonyl (C=O) groups is 2. The normalized spacial score (nSPS) is 21.5. The fourth-order valence-corrected chi connectivity index (χ4v) is 6.07. The Hall–Kier alpha value is -4.26. The lowest BCUT2D eigenvalue weighted by Crippen LogP contribution is -2.49. The van der Waals surface area contributed by atoms with Crippen LogP contribution in [-0.4, -0.2) is 40.1 Å². The quantitative estimate of drug-likeness (QED) is 0.271. The Morgan fingerprint density at radius 2 is 0.974 bits per heavy atom. The number of benzene rings is 4. The molecule has 0 spiro atoms. The first-order valence-corrected chi connectivity index (χ1v) is 13.1. The highest BCUT2D eigenvalue weighted by Gasteiger charge is 2.75. The highest BCUT2D eigenvalue weighted by atomic mass is 16.3. The van der Waals surface area contributed by atoms with E-state index >= 15 is 0 Å². The lowest BCUT2D eigenvalue weighted by atomic mass is 9.90. The van der Waals surface area contributed by atoms with Crippen LogP contribution >= 0.6 is 0 Å². The van der Waals surface area contributed by atoms with E-state index in [-0.39, 0.29) is 0 Å². The molecule has 1 saturated carbocycles. The van der Waals surface area contributed by atoms with E-state index < -0.39 is 54.4 Å². The Labute approximate surface area is 228 Å². The van der Waals surface area contributed by atoms with Gasteiger partial charge in [0.25, 0.3) is 0 Å². The highest BCUT2D eigenvalue weighted by Crippen LogP contribution is 2.71. The molecule has 0 saturated heterocycles. The van der Waals surface area contributed by atoms with Crippen LogP contribution in [0.15, 0.2) is 121 Å². The van der Waals surface area contributed by atoms with Crippen LogP contribution in [0.25, 0.3) is 0 Å². The minimum atomic E-state index is -1.60. The van der Waals surface area contributed by atoms with Crippen LogP contribution in [-0.2, 0) is 9.59 Å². The van der Waals surface area contributed by atoms with E-state index in [1.807, 2.05) is 121 Å². The average molecular weight is 521 g/mol. The monoisotopic (exact) mass is 520 g/mol. The Morgan fingerprint density at radius 1 is 0.641 bits per heavy atom. The number of aliphatic hydroxyl groups excluding tert-OH is 2. The van der Waals surface area contributed by atoms with Crippen LogP contribution in [0, 0.1) is 5.41 Å². The number of primary amides is 1. The summed E-state index contributed by atoms with van der Waals surface area (Å²) < 4.78 is 0. The first-order chi connectivity index (χ1) is 19.1. The molecule has 4 aromatic carbocycles. The Bertz CT molecular complexity index is 1300. The third kappa shape index (κ3) is 4.62. The molecule has 4 aromatic rings. The molecule has 198 valence electrons. The fraction of sp³-hybridized carbons (Fsp3) is 0.212. The molecule has 0 unspecified atom stereocenters. The number of aliphatic hydroxyl groups is 2. The average Bonchev–Trinajstić information content (AvgIpc) is 3.71. The molecule has 1 aliphatic carbocycles. The van der Waals surface area contributed by atoms with Gasteiger partial charge in [-0.3, -0.25) is 9.59 Å². The first kappa shape index (κ1) is 26.4. The van der Waals surface area contributed by atoms with E-state index in [9.17, 15) is 19.8 Å². The smallest absolute Gasteiger partial charge is 0.240 e. The summed E-state index contributed by atoms with van der Waals surface area (Å²) in [6.07, 6.45) is 0. The lowest BCUT2D eigenvalue weighted by Gasteiger charge is -2.39. The Kier molecular flexibility index (Phi) is 7.59. The predicted molar refractivity (Wildman–Crippen MR) is 149 cm³/mol. The molecule has 1 fully saturated rings. The van der Waals surface area contributed by atoms with Gasteiger partial charge >= 0.3 is 0 Å². The van der Waals surface area contributed by atoms with Gasteiger partial charge in [-0.1, -0.05) is 121 Å². The highest BCUT2D eigenvalue weighted by molar-refractivity contribution is 6.11. The van der Waals surface area contributed by atoms with Crippen LogP contribution in [0.5, 0.6) is 0 Å². The number of nitrogens with zero attached hydrogens (tertiary/aromatic N) is 1. The Balaban J connectivity index is 1.71. The van der Waals surface area contributed by atoms with Gasteiger partial charge < -0.3 is 20.8 Å². The van der Waals surface area contributed by atoms with E-state index in [0.717, 1.165) is 11.1 Å². The summed E-state index contributed by atoms with van der Waals surface area (Å²) >= 11 is 0. The van der Waals surface area contributed by atoms with Gasteiger partial charge in [-0.15, -0.1) is 0 Å². The van der Waals surface area contributed by atoms with Gasteiger partial charge in [-0.25, -0.2) is 0 Å². The molecule has 6 heteroatoms. The zero-order valence-electron chi connectivity index (χ0n) is 21.5. The van der Waals surface area contributed by atoms with Crippen molar-refractivity contribution < 1.29 is 19.8 Å². The van der Waals surface area contributed by atoms with E-state index in [2.05, 4.69) is 0 Å². The summed E-state index contributed by atoms with van der Waals surface area (Å²) in [5.41, 5.74) is 7.62. The zero-order chi connectivity index (χ0) is 27.4. The number of hydrogen-bond acceptors (Lipinski definition) is 4. The van der Waals surface area contributed by atoms with Crippen molar-refractivity contribution in [2.24, 2.45) is 11.1 Å². The Morgan fingerprint density at radius 3 is 1.28 bits per heavy atom. The van der Waals surface area contributed by atoms with E-state index in [4.69, 9.17) is 5.73 Å². The van der Waals surface area contributed by atoms with Crippen molar-refractivity contribution in [2.45, 2.75) is 23.9 Å². The van der Waals surface area contributed by atoms with Crippen molar-refractivity contribution in [3.63, 3.8) is 0 Å². The third-order valence-electron chi connectivity index (χ3n) is 7.90. The summed E-state index contributed by atoms with van der Waals surface area (Å²) in [5, 5.41) is 21.4. The molecule has 0 bridgehead atoms. The van der Waals surface area contributed by atoms with Crippen molar-refractivity contribution >= 4 is 11.8 Å². The maximum atomic E-state index is 15.0. The van der Waals surface area contributed by atoms with Crippen molar-refractivity contribution in [1.82, 2.24) is 4.90 Å². The summed E-state index contributed by atoms with van der Waals surface area (Å²) in [6, 6.07) is 35.6. The second kappa shape index (κ2) is 11.2. The van der Waals surface area contributed by atoms with Gasteiger partial charge in [-0.2, -0.15) is 0 Å². The molecule has 4 atom stereocenters. The molecule has 0 heterocycles. The summed E-state index contributed by atoms with van der Waals surface area (Å²) in [6.45, 7) is -0.806. The molecule has 1 aliphatic rings. The second-order valence-corrected chi connectivity index (χ2v) is 9.94. The number of rotatable bonds is 10. The van der Waals surface area contributed by atoms with E-state index in [1.165, 1.54) is 4.90 Å². The maximum Gasteiger partial charge on any atom is 0.240 e. The molecule has 0 aromatic heterocycles. The van der Waals surface area contributed by atoms with Gasteiger partial charge in [0, 0.05) is 11.8 Å². The fourth-order valence-electron chi connectivity index (χ4n) is 6.07. The SMILES string of the molecule is NC(=O)C1(C(=O)N([C@H](CO)c2ccccc2)[C@H](CO)c2ccccc2)[C@@H](c2ccccc2)[C@@H]1c1ccccc1.